The van der Waals surface area contributed by atoms with Gasteiger partial charge in [-0.05, 0) is 42.7 Å². The number of carbonyl (C=O) groups excluding carboxylic acids is 3. The van der Waals surface area contributed by atoms with Crippen LogP contribution >= 0.6 is 11.6 Å². The van der Waals surface area contributed by atoms with Crippen molar-refractivity contribution in [3.8, 4) is 16.9 Å². The van der Waals surface area contributed by atoms with Crippen LogP contribution in [0.1, 0.15) is 55.0 Å². The fourth-order valence-corrected chi connectivity index (χ4v) is 5.00. The number of ether oxygens (including phenoxy) is 1. The van der Waals surface area contributed by atoms with E-state index in [-0.39, 0.29) is 28.2 Å². The molecule has 5 rings (SSSR count). The van der Waals surface area contributed by atoms with Gasteiger partial charge in [0.15, 0.2) is 5.82 Å². The molecule has 2 aromatic carbocycles. The van der Waals surface area contributed by atoms with Crippen molar-refractivity contribution in [1.29, 1.82) is 0 Å². The number of fused-ring (bicyclic) bond motifs is 4. The Morgan fingerprint density at radius 3 is 2.86 bits per heavy atom. The first-order valence-corrected chi connectivity index (χ1v) is 13.7. The first kappa shape index (κ1) is 28.8. The molecule has 0 saturated heterocycles. The van der Waals surface area contributed by atoms with Crippen LogP contribution in [0.5, 0.6) is 0 Å². The third-order valence-electron chi connectivity index (χ3n) is 6.98. The Hall–Kier alpha value is -4.71. The summed E-state index contributed by atoms with van der Waals surface area (Å²) in [6, 6.07) is 9.16. The lowest BCUT2D eigenvalue weighted by molar-refractivity contribution is -0.117. The molecular formula is C29H29ClFN7O4. The van der Waals surface area contributed by atoms with Gasteiger partial charge in [-0.2, -0.15) is 0 Å². The number of hydrogen-bond acceptors (Lipinski definition) is 6. The molecule has 0 saturated carbocycles. The third kappa shape index (κ3) is 6.44. The molecule has 2 atom stereocenters. The normalized spacial score (nSPS) is 17.1. The monoisotopic (exact) mass is 593 g/mol. The number of halogens is 2. The summed E-state index contributed by atoms with van der Waals surface area (Å²) in [5.41, 5.74) is 2.35. The van der Waals surface area contributed by atoms with Crippen LogP contribution in [0, 0.1) is 11.7 Å². The zero-order valence-corrected chi connectivity index (χ0v) is 23.7. The van der Waals surface area contributed by atoms with E-state index in [2.05, 4.69) is 30.7 Å². The van der Waals surface area contributed by atoms with Crippen LogP contribution in [0.2, 0.25) is 5.02 Å². The summed E-state index contributed by atoms with van der Waals surface area (Å²) in [4.78, 5) is 50.0. The highest BCUT2D eigenvalue weighted by Crippen LogP contribution is 2.32. The van der Waals surface area contributed by atoms with Crippen LogP contribution in [-0.4, -0.2) is 44.5 Å². The van der Waals surface area contributed by atoms with Crippen LogP contribution in [-0.2, 0) is 9.53 Å². The van der Waals surface area contributed by atoms with E-state index in [0.29, 0.717) is 41.3 Å². The van der Waals surface area contributed by atoms with E-state index in [1.54, 1.807) is 30.5 Å². The van der Waals surface area contributed by atoms with Crippen molar-refractivity contribution in [2.75, 3.05) is 17.7 Å². The molecule has 0 radical (unpaired) electrons. The Bertz CT molecular complexity index is 1640. The smallest absolute Gasteiger partial charge is 0.411 e. The molecule has 4 N–H and O–H groups in total. The first-order chi connectivity index (χ1) is 20.2. The molecule has 3 amide bonds. The molecule has 2 bridgehead atoms. The number of anilines is 2. The summed E-state index contributed by atoms with van der Waals surface area (Å²) in [7, 11) is 1.26. The van der Waals surface area contributed by atoms with Gasteiger partial charge in [-0.25, -0.2) is 19.2 Å². The van der Waals surface area contributed by atoms with E-state index >= 15 is 0 Å². The Morgan fingerprint density at radius 1 is 1.21 bits per heavy atom. The van der Waals surface area contributed by atoms with Gasteiger partial charge in [0.2, 0.25) is 5.91 Å². The number of rotatable bonds is 4. The van der Waals surface area contributed by atoms with Crippen LogP contribution in [0.25, 0.3) is 16.9 Å². The van der Waals surface area contributed by atoms with Gasteiger partial charge in [0, 0.05) is 30.1 Å². The largest absolute Gasteiger partial charge is 0.453 e. The lowest BCUT2D eigenvalue weighted by atomic mass is 9.97. The molecule has 11 nitrogen and oxygen atoms in total. The van der Waals surface area contributed by atoms with Crippen molar-refractivity contribution in [3.05, 3.63) is 77.5 Å². The van der Waals surface area contributed by atoms with Gasteiger partial charge in [0.05, 0.1) is 35.2 Å². The molecule has 0 spiro atoms. The molecule has 2 aromatic heterocycles. The second kappa shape index (κ2) is 12.4. The van der Waals surface area contributed by atoms with Crippen molar-refractivity contribution in [2.45, 2.75) is 38.6 Å². The molecular weight excluding hydrogens is 565 g/mol. The summed E-state index contributed by atoms with van der Waals surface area (Å²) < 4.78 is 20.6. The zero-order chi connectivity index (χ0) is 29.8. The molecule has 1 aliphatic rings. The highest BCUT2D eigenvalue weighted by Gasteiger charge is 2.23. The van der Waals surface area contributed by atoms with Gasteiger partial charge in [0.25, 0.3) is 5.91 Å². The Kier molecular flexibility index (Phi) is 8.53. The maximum Gasteiger partial charge on any atom is 0.411 e. The number of amides is 3. The average molecular weight is 594 g/mol. The predicted molar refractivity (Wildman–Crippen MR) is 155 cm³/mol. The number of methoxy groups -OCH3 is 1. The van der Waals surface area contributed by atoms with Crippen LogP contribution in [0.15, 0.2) is 55.1 Å². The number of aromatic amines is 1. The van der Waals surface area contributed by atoms with Gasteiger partial charge < -0.3 is 24.9 Å². The summed E-state index contributed by atoms with van der Waals surface area (Å²) >= 11 is 5.91. The van der Waals surface area contributed by atoms with E-state index in [1.807, 2.05) is 6.92 Å². The van der Waals surface area contributed by atoms with E-state index in [4.69, 9.17) is 16.6 Å². The number of nitrogens with one attached hydrogen (secondary N) is 4. The molecule has 13 heteroatoms. The summed E-state index contributed by atoms with van der Waals surface area (Å²) in [6.07, 6.45) is 6.17. The predicted octanol–water partition coefficient (Wildman–Crippen LogP) is 5.85. The second-order valence-corrected chi connectivity index (χ2v) is 10.5. The van der Waals surface area contributed by atoms with Gasteiger partial charge >= 0.3 is 6.09 Å². The number of imidazole rings is 2. The maximum absolute atomic E-state index is 14.5. The van der Waals surface area contributed by atoms with E-state index < -0.39 is 23.9 Å². The second-order valence-electron chi connectivity index (χ2n) is 10.1. The summed E-state index contributed by atoms with van der Waals surface area (Å²) in [5.74, 6) is -0.619. The number of nitrogens with zero attached hydrogens (tertiary/aromatic N) is 3. The molecule has 42 heavy (non-hydrogen) atoms. The van der Waals surface area contributed by atoms with Crippen LogP contribution < -0.4 is 16.0 Å². The Balaban J connectivity index is 1.42. The fraction of sp³-hybridized carbons (Fsp3) is 0.276. The lowest BCUT2D eigenvalue weighted by Crippen LogP contribution is -2.29. The molecule has 0 unspecified atom stereocenters. The highest BCUT2D eigenvalue weighted by atomic mass is 35.5. The van der Waals surface area contributed by atoms with E-state index in [9.17, 15) is 18.8 Å². The topological polar surface area (TPSA) is 143 Å². The quantitative estimate of drug-likeness (QED) is 0.234. The van der Waals surface area contributed by atoms with E-state index in [0.717, 1.165) is 12.8 Å². The minimum Gasteiger partial charge on any atom is -0.453 e. The standard InChI is InChI=1S/C29H29ClFN7O4/c1-16-5-3-7-20(37-28(40)23-14-38(15-33-23)24-8-4-6-19(30)26(24)31)27-32-13-22(36-27)18-10-9-17(34-29(41)42-2)12-21(18)35-25(39)11-16/h4,6,8-10,12-16,20H,3,5,7,11H2,1-2H3,(H,32,36)(H,34,41)(H,35,39)(H,37,40)/t16-,20+/m1/s1. The van der Waals surface area contributed by atoms with Crippen molar-refractivity contribution >= 4 is 40.9 Å². The fourth-order valence-electron chi connectivity index (χ4n) is 4.83. The minimum atomic E-state index is -0.636. The maximum atomic E-state index is 14.5. The van der Waals surface area contributed by atoms with Gasteiger partial charge in [-0.1, -0.05) is 37.4 Å². The third-order valence-corrected chi connectivity index (χ3v) is 7.27. The van der Waals surface area contributed by atoms with E-state index in [1.165, 1.54) is 36.3 Å². The number of H-pyrrole nitrogens is 1. The van der Waals surface area contributed by atoms with Gasteiger partial charge in [-0.15, -0.1) is 0 Å². The molecule has 1 aliphatic heterocycles. The number of carbonyl (C=O) groups is 3. The van der Waals surface area contributed by atoms with Crippen molar-refractivity contribution < 1.29 is 23.5 Å². The lowest BCUT2D eigenvalue weighted by Gasteiger charge is -2.17. The van der Waals surface area contributed by atoms with Gasteiger partial charge in [0.1, 0.15) is 17.8 Å². The SMILES string of the molecule is COC(=O)Nc1ccc2c(c1)NC(=O)C[C@H](C)CCC[C@H](NC(=O)c1cn(-c3cccc(Cl)c3F)cn1)c1nc-2c[nH]1. The summed E-state index contributed by atoms with van der Waals surface area (Å²) in [6.45, 7) is 2.00. The molecule has 0 fully saturated rings. The highest BCUT2D eigenvalue weighted by molar-refractivity contribution is 6.30. The molecule has 218 valence electrons. The summed E-state index contributed by atoms with van der Waals surface area (Å²) in [5, 5.41) is 8.52. The Labute approximate surface area is 245 Å². The number of hydrogen-bond donors (Lipinski definition) is 4. The first-order valence-electron chi connectivity index (χ1n) is 13.4. The molecule has 4 aromatic rings. The Morgan fingerprint density at radius 2 is 2.05 bits per heavy atom. The zero-order valence-electron chi connectivity index (χ0n) is 22.9. The van der Waals surface area contributed by atoms with Crippen molar-refractivity contribution in [3.63, 3.8) is 0 Å². The van der Waals surface area contributed by atoms with Crippen molar-refractivity contribution in [1.82, 2.24) is 24.8 Å². The average Bonchev–Trinajstić information content (AvgIpc) is 3.64. The van der Waals surface area contributed by atoms with Gasteiger partial charge in [-0.3, -0.25) is 14.9 Å². The number of aromatic nitrogens is 4. The number of benzene rings is 2. The minimum absolute atomic E-state index is 0.0338. The van der Waals surface area contributed by atoms with Crippen LogP contribution in [0.4, 0.5) is 20.6 Å². The van der Waals surface area contributed by atoms with Crippen LogP contribution in [0.3, 0.4) is 0 Å². The molecule has 0 aliphatic carbocycles. The van der Waals surface area contributed by atoms with Crippen molar-refractivity contribution in [2.24, 2.45) is 5.92 Å². The molecule has 3 heterocycles.